The average molecular weight is 884 g/mol. The Morgan fingerprint density at radius 2 is 0.984 bits per heavy atom. The highest BCUT2D eigenvalue weighted by Gasteiger charge is 2.27. The van der Waals surface area contributed by atoms with Crippen LogP contribution in [-0.2, 0) is 18.4 Å². The van der Waals surface area contributed by atoms with E-state index in [2.05, 4.69) is 116 Å². The van der Waals surface area contributed by atoms with E-state index in [1.54, 1.807) is 6.08 Å². The van der Waals surface area contributed by atoms with Gasteiger partial charge in [0.15, 0.2) is 0 Å². The Hall–Kier alpha value is -2.84. The summed E-state index contributed by atoms with van der Waals surface area (Å²) >= 11 is 0. The highest BCUT2D eigenvalue weighted by molar-refractivity contribution is 7.47. The van der Waals surface area contributed by atoms with Crippen molar-refractivity contribution in [3.8, 4) is 0 Å². The minimum Gasteiger partial charge on any atom is -0.387 e. The third-order valence-corrected chi connectivity index (χ3v) is 11.0. The van der Waals surface area contributed by atoms with Gasteiger partial charge in [0.2, 0.25) is 5.91 Å². The summed E-state index contributed by atoms with van der Waals surface area (Å²) in [6.07, 6.45) is 63.3. The molecule has 0 aromatic heterocycles. The zero-order chi connectivity index (χ0) is 45.7. The van der Waals surface area contributed by atoms with E-state index in [0.717, 1.165) is 89.9 Å². The van der Waals surface area contributed by atoms with Crippen molar-refractivity contribution < 1.29 is 32.9 Å². The Kier molecular flexibility index (Phi) is 41.4. The highest BCUT2D eigenvalue weighted by atomic mass is 31.2. The molecular weight excluding hydrogens is 792 g/mol. The predicted molar refractivity (Wildman–Crippen MR) is 267 cm³/mol. The molecule has 0 spiro atoms. The van der Waals surface area contributed by atoms with Crippen LogP contribution in [0.15, 0.2) is 109 Å². The van der Waals surface area contributed by atoms with Gasteiger partial charge in [-0.3, -0.25) is 13.8 Å². The molecule has 0 aromatic rings. The molecule has 0 aromatic carbocycles. The molecular formula is C53H92N2O6P+. The number of hydrogen-bond donors (Lipinski definition) is 3. The third-order valence-electron chi connectivity index (χ3n) is 9.98. The van der Waals surface area contributed by atoms with Crippen LogP contribution in [0.1, 0.15) is 168 Å². The lowest BCUT2D eigenvalue weighted by molar-refractivity contribution is -0.870. The van der Waals surface area contributed by atoms with Gasteiger partial charge in [0.1, 0.15) is 13.2 Å². The fourth-order valence-corrected chi connectivity index (χ4v) is 6.89. The molecule has 0 saturated heterocycles. The van der Waals surface area contributed by atoms with Crippen molar-refractivity contribution in [3.05, 3.63) is 109 Å². The molecule has 1 amide bonds. The number of rotatable bonds is 42. The van der Waals surface area contributed by atoms with E-state index in [9.17, 15) is 19.4 Å². The van der Waals surface area contributed by atoms with Gasteiger partial charge in [0.25, 0.3) is 0 Å². The number of nitrogens with one attached hydrogen (secondary N) is 1. The average Bonchev–Trinajstić information content (AvgIpc) is 3.23. The molecule has 0 aliphatic rings. The fourth-order valence-electron chi connectivity index (χ4n) is 6.15. The molecule has 8 nitrogen and oxygen atoms in total. The second kappa shape index (κ2) is 43.4. The number of hydrogen-bond acceptors (Lipinski definition) is 5. The van der Waals surface area contributed by atoms with E-state index in [0.29, 0.717) is 17.4 Å². The van der Waals surface area contributed by atoms with Gasteiger partial charge in [0.05, 0.1) is 39.9 Å². The van der Waals surface area contributed by atoms with Crippen LogP contribution in [0.2, 0.25) is 0 Å². The topological polar surface area (TPSA) is 105 Å². The number of quaternary nitrogens is 1. The van der Waals surface area contributed by atoms with Gasteiger partial charge in [-0.2, -0.15) is 0 Å². The molecule has 0 saturated carbocycles. The van der Waals surface area contributed by atoms with E-state index in [1.165, 1.54) is 57.8 Å². The molecule has 0 fully saturated rings. The lowest BCUT2D eigenvalue weighted by atomic mass is 10.1. The number of carbonyl (C=O) groups is 1. The first-order chi connectivity index (χ1) is 30.0. The zero-order valence-electron chi connectivity index (χ0n) is 40.1. The van der Waals surface area contributed by atoms with Crippen molar-refractivity contribution in [1.82, 2.24) is 5.32 Å². The molecule has 0 aliphatic heterocycles. The van der Waals surface area contributed by atoms with Crippen molar-refractivity contribution in [2.45, 2.75) is 180 Å². The van der Waals surface area contributed by atoms with E-state index in [4.69, 9.17) is 9.05 Å². The molecule has 354 valence electrons. The summed E-state index contributed by atoms with van der Waals surface area (Å²) in [5.74, 6) is -0.203. The van der Waals surface area contributed by atoms with E-state index < -0.39 is 20.0 Å². The largest absolute Gasteiger partial charge is 0.472 e. The molecule has 3 atom stereocenters. The monoisotopic (exact) mass is 884 g/mol. The van der Waals surface area contributed by atoms with E-state index in [1.807, 2.05) is 27.2 Å². The van der Waals surface area contributed by atoms with Gasteiger partial charge < -0.3 is 19.8 Å². The summed E-state index contributed by atoms with van der Waals surface area (Å²) in [6, 6.07) is -0.871. The number of carbonyl (C=O) groups excluding carboxylic acids is 1. The molecule has 0 radical (unpaired) electrons. The number of aliphatic hydroxyl groups excluding tert-OH is 1. The number of nitrogens with zero attached hydrogens (tertiary/aromatic N) is 1. The third kappa shape index (κ3) is 45.2. The lowest BCUT2D eigenvalue weighted by Gasteiger charge is -2.25. The first-order valence-electron chi connectivity index (χ1n) is 24.3. The number of phosphoric ester groups is 1. The fraction of sp³-hybridized carbons (Fsp3) is 0.642. The number of likely N-dealkylation sites (N-methyl/N-ethyl adjacent to an activating group) is 1. The van der Waals surface area contributed by atoms with Crippen molar-refractivity contribution >= 4 is 13.7 Å². The smallest absolute Gasteiger partial charge is 0.387 e. The van der Waals surface area contributed by atoms with Crippen molar-refractivity contribution in [2.75, 3.05) is 40.9 Å². The van der Waals surface area contributed by atoms with Crippen LogP contribution in [0, 0.1) is 0 Å². The Morgan fingerprint density at radius 1 is 0.565 bits per heavy atom. The first kappa shape index (κ1) is 59.2. The number of aliphatic hydroxyl groups is 1. The summed E-state index contributed by atoms with van der Waals surface area (Å²) in [5.41, 5.74) is 0. The van der Waals surface area contributed by atoms with Crippen LogP contribution in [0.5, 0.6) is 0 Å². The molecule has 0 aliphatic carbocycles. The van der Waals surface area contributed by atoms with E-state index in [-0.39, 0.29) is 19.1 Å². The van der Waals surface area contributed by atoms with E-state index >= 15 is 0 Å². The van der Waals surface area contributed by atoms with Gasteiger partial charge in [-0.05, 0) is 89.9 Å². The standard InChI is InChI=1S/C53H91N2O6P/c1-6-8-10-12-14-16-17-18-19-20-21-22-23-24-25-26-27-28-29-30-31-32-33-34-35-36-37-39-41-43-45-47-53(57)54-51(50-61-62(58,59)60-49-48-55(3,4)5)52(56)46-44-42-40-38-15-13-11-9-7-2/h8,10,14-16,18-19,21-22,24-25,27-28,30-31,38,44,46,51-52,56H,6-7,9,11-13,17,20,23,26,29,32-37,39-43,45,47-50H2,1-5H3,(H-,54,57,58,59)/p+1/b10-8-,16-14-,19-18-,22-21-,25-24-,28-27-,31-30-,38-15+,46-44+. The van der Waals surface area contributed by atoms with Gasteiger partial charge >= 0.3 is 7.82 Å². The minimum absolute atomic E-state index is 0.0488. The molecule has 9 heteroatoms. The van der Waals surface area contributed by atoms with Crippen LogP contribution >= 0.6 is 7.82 Å². The Morgan fingerprint density at radius 3 is 1.48 bits per heavy atom. The highest BCUT2D eigenvalue weighted by Crippen LogP contribution is 2.43. The summed E-state index contributed by atoms with van der Waals surface area (Å²) in [7, 11) is 1.53. The zero-order valence-corrected chi connectivity index (χ0v) is 41.0. The molecule has 3 N–H and O–H groups in total. The van der Waals surface area contributed by atoms with Crippen LogP contribution < -0.4 is 5.32 Å². The maximum absolute atomic E-state index is 12.9. The number of allylic oxidation sites excluding steroid dienone is 17. The SMILES string of the molecule is CC/C=C\C/C=C\C/C=C\C/C=C\C/C=C\C/C=C\C/C=C\CCCCCCCCCCCC(=O)NC(COP(=O)(O)OCC[N+](C)(C)C)C(O)/C=C/CC/C=C/CCCCC. The van der Waals surface area contributed by atoms with Crippen LogP contribution in [0.25, 0.3) is 0 Å². The molecule has 0 bridgehead atoms. The maximum atomic E-state index is 12.9. The van der Waals surface area contributed by atoms with Crippen LogP contribution in [-0.4, -0.2) is 73.4 Å². The lowest BCUT2D eigenvalue weighted by Crippen LogP contribution is -2.45. The molecule has 0 rings (SSSR count). The van der Waals surface area contributed by atoms with Crippen molar-refractivity contribution in [1.29, 1.82) is 0 Å². The number of amides is 1. The van der Waals surface area contributed by atoms with Gasteiger partial charge in [-0.1, -0.05) is 181 Å². The van der Waals surface area contributed by atoms with Crippen LogP contribution in [0.4, 0.5) is 0 Å². The second-order valence-electron chi connectivity index (χ2n) is 17.1. The van der Waals surface area contributed by atoms with Crippen LogP contribution in [0.3, 0.4) is 0 Å². The van der Waals surface area contributed by atoms with Gasteiger partial charge in [0, 0.05) is 6.42 Å². The molecule has 3 unspecified atom stereocenters. The number of unbranched alkanes of at least 4 members (excludes halogenated alkanes) is 13. The predicted octanol–water partition coefficient (Wildman–Crippen LogP) is 14.1. The van der Waals surface area contributed by atoms with Crippen molar-refractivity contribution in [3.63, 3.8) is 0 Å². The summed E-state index contributed by atoms with van der Waals surface area (Å²) < 4.78 is 23.5. The minimum atomic E-state index is -4.35. The Labute approximate surface area is 381 Å². The normalized spacial score (nSPS) is 15.1. The van der Waals surface area contributed by atoms with Crippen molar-refractivity contribution in [2.24, 2.45) is 0 Å². The Bertz CT molecular complexity index is 1370. The molecule has 0 heterocycles. The second-order valence-corrected chi connectivity index (χ2v) is 18.5. The number of phosphoric acid groups is 1. The van der Waals surface area contributed by atoms with Gasteiger partial charge in [-0.15, -0.1) is 0 Å². The first-order valence-corrected chi connectivity index (χ1v) is 25.8. The molecule has 62 heavy (non-hydrogen) atoms. The Balaban J connectivity index is 4.17. The summed E-state index contributed by atoms with van der Waals surface area (Å²) in [5, 5.41) is 13.7. The summed E-state index contributed by atoms with van der Waals surface area (Å²) in [6.45, 7) is 4.59. The maximum Gasteiger partial charge on any atom is 0.472 e. The summed E-state index contributed by atoms with van der Waals surface area (Å²) in [4.78, 5) is 23.1. The quantitative estimate of drug-likeness (QED) is 0.0244. The van der Waals surface area contributed by atoms with Gasteiger partial charge in [-0.25, -0.2) is 4.57 Å².